The van der Waals surface area contributed by atoms with E-state index in [9.17, 15) is 5.11 Å². The summed E-state index contributed by atoms with van der Waals surface area (Å²) in [6.45, 7) is 1.41. The van der Waals surface area contributed by atoms with Crippen molar-refractivity contribution in [3.8, 4) is 17.2 Å². The summed E-state index contributed by atoms with van der Waals surface area (Å²) >= 11 is 0. The molecular formula is C19H23N3O4. The van der Waals surface area contributed by atoms with Gasteiger partial charge < -0.3 is 30.4 Å². The number of nitrogens with zero attached hydrogens (tertiary/aromatic N) is 1. The third-order valence-electron chi connectivity index (χ3n) is 3.96. The van der Waals surface area contributed by atoms with E-state index in [4.69, 9.17) is 19.9 Å². The number of rotatable bonds is 5. The van der Waals surface area contributed by atoms with Crippen LogP contribution in [0.1, 0.15) is 18.1 Å². The molecule has 2 aromatic rings. The van der Waals surface area contributed by atoms with Crippen LogP contribution >= 0.6 is 0 Å². The van der Waals surface area contributed by atoms with Crippen molar-refractivity contribution in [1.29, 1.82) is 0 Å². The molecular weight excluding hydrogens is 334 g/mol. The Balaban J connectivity index is 1.60. The average molecular weight is 357 g/mol. The molecule has 138 valence electrons. The van der Waals surface area contributed by atoms with Crippen LogP contribution in [-0.4, -0.2) is 37.9 Å². The van der Waals surface area contributed by atoms with E-state index in [-0.39, 0.29) is 12.5 Å². The standard InChI is InChI=1S/C19H23N3O4/c1-24-15-6-3-13(4-7-15)16(23)12-21-19(20)22-14-5-8-17-18(11-14)26-10-2-9-25-17/h3-8,11,16,23H,2,9-10,12H2,1H3,(H3,20,21,22). The number of guanidine groups is 1. The lowest BCUT2D eigenvalue weighted by Gasteiger charge is -2.12. The van der Waals surface area contributed by atoms with Crippen LogP contribution in [0.4, 0.5) is 5.69 Å². The Morgan fingerprint density at radius 2 is 1.92 bits per heavy atom. The van der Waals surface area contributed by atoms with Crippen molar-refractivity contribution in [1.82, 2.24) is 0 Å². The highest BCUT2D eigenvalue weighted by Crippen LogP contribution is 2.32. The van der Waals surface area contributed by atoms with Gasteiger partial charge in [-0.05, 0) is 29.8 Å². The summed E-state index contributed by atoms with van der Waals surface area (Å²) in [5.41, 5.74) is 7.41. The minimum absolute atomic E-state index is 0.149. The number of hydrogen-bond acceptors (Lipinski definition) is 5. The first-order chi connectivity index (χ1) is 12.7. The lowest BCUT2D eigenvalue weighted by atomic mass is 10.1. The van der Waals surface area contributed by atoms with Gasteiger partial charge in [-0.1, -0.05) is 12.1 Å². The summed E-state index contributed by atoms with van der Waals surface area (Å²) in [7, 11) is 1.60. The SMILES string of the molecule is COc1ccc(C(O)CN=C(N)Nc2ccc3c(c2)OCCCO3)cc1. The third kappa shape index (κ3) is 4.58. The van der Waals surface area contributed by atoms with E-state index < -0.39 is 6.10 Å². The number of methoxy groups -OCH3 is 1. The third-order valence-corrected chi connectivity index (χ3v) is 3.96. The monoisotopic (exact) mass is 357 g/mol. The van der Waals surface area contributed by atoms with Gasteiger partial charge >= 0.3 is 0 Å². The van der Waals surface area contributed by atoms with Crippen LogP contribution in [0, 0.1) is 0 Å². The van der Waals surface area contributed by atoms with Gasteiger partial charge in [-0.15, -0.1) is 0 Å². The van der Waals surface area contributed by atoms with Gasteiger partial charge in [0.15, 0.2) is 17.5 Å². The molecule has 4 N–H and O–H groups in total. The maximum Gasteiger partial charge on any atom is 0.193 e. The predicted octanol–water partition coefficient (Wildman–Crippen LogP) is 2.32. The van der Waals surface area contributed by atoms with Crippen LogP contribution in [0.5, 0.6) is 17.2 Å². The van der Waals surface area contributed by atoms with E-state index in [1.54, 1.807) is 31.4 Å². The maximum atomic E-state index is 10.2. The Morgan fingerprint density at radius 1 is 1.19 bits per heavy atom. The second-order valence-corrected chi connectivity index (χ2v) is 5.85. The van der Waals surface area contributed by atoms with Gasteiger partial charge in [-0.25, -0.2) is 0 Å². The Hall–Kier alpha value is -2.93. The summed E-state index contributed by atoms with van der Waals surface area (Å²) in [5.74, 6) is 2.35. The number of aliphatic hydroxyl groups excluding tert-OH is 1. The number of nitrogens with one attached hydrogen (secondary N) is 1. The van der Waals surface area contributed by atoms with Crippen molar-refractivity contribution >= 4 is 11.6 Å². The van der Waals surface area contributed by atoms with E-state index in [1.807, 2.05) is 18.2 Å². The summed E-state index contributed by atoms with van der Waals surface area (Å²) in [4.78, 5) is 4.20. The second kappa shape index (κ2) is 8.44. The van der Waals surface area contributed by atoms with E-state index in [1.165, 1.54) is 0 Å². The summed E-state index contributed by atoms with van der Waals surface area (Å²) in [5, 5.41) is 13.2. The topological polar surface area (TPSA) is 98.3 Å². The zero-order chi connectivity index (χ0) is 18.4. The van der Waals surface area contributed by atoms with Crippen molar-refractivity contribution in [2.75, 3.05) is 32.2 Å². The number of fused-ring (bicyclic) bond motifs is 1. The number of aliphatic hydroxyl groups is 1. The molecule has 3 rings (SSSR count). The van der Waals surface area contributed by atoms with Crippen LogP contribution in [0.25, 0.3) is 0 Å². The lowest BCUT2D eigenvalue weighted by Crippen LogP contribution is -2.23. The number of hydrogen-bond donors (Lipinski definition) is 3. The Kier molecular flexibility index (Phi) is 5.80. The summed E-state index contributed by atoms with van der Waals surface area (Å²) in [6.07, 6.45) is 0.106. The molecule has 2 aromatic carbocycles. The van der Waals surface area contributed by atoms with E-state index in [2.05, 4.69) is 10.3 Å². The van der Waals surface area contributed by atoms with Gasteiger partial charge in [0.1, 0.15) is 5.75 Å². The quantitative estimate of drug-likeness (QED) is 0.561. The normalized spacial score (nSPS) is 15.1. The van der Waals surface area contributed by atoms with Gasteiger partial charge in [0.2, 0.25) is 0 Å². The first kappa shape index (κ1) is 17.9. The number of aliphatic imine (C=N–C) groups is 1. The van der Waals surface area contributed by atoms with Gasteiger partial charge in [0.25, 0.3) is 0 Å². The van der Waals surface area contributed by atoms with Crippen molar-refractivity contribution in [3.05, 3.63) is 48.0 Å². The van der Waals surface area contributed by atoms with Gasteiger partial charge in [0.05, 0.1) is 33.0 Å². The van der Waals surface area contributed by atoms with E-state index in [0.29, 0.717) is 19.0 Å². The second-order valence-electron chi connectivity index (χ2n) is 5.85. The predicted molar refractivity (Wildman–Crippen MR) is 100 cm³/mol. The number of ether oxygens (including phenoxy) is 3. The highest BCUT2D eigenvalue weighted by Gasteiger charge is 2.11. The first-order valence-electron chi connectivity index (χ1n) is 8.44. The molecule has 0 amide bonds. The molecule has 0 saturated carbocycles. The maximum absolute atomic E-state index is 10.2. The van der Waals surface area contributed by atoms with E-state index >= 15 is 0 Å². The van der Waals surface area contributed by atoms with Crippen LogP contribution in [0.15, 0.2) is 47.5 Å². The molecule has 0 bridgehead atoms. The highest BCUT2D eigenvalue weighted by molar-refractivity contribution is 5.92. The smallest absolute Gasteiger partial charge is 0.193 e. The van der Waals surface area contributed by atoms with Crippen LogP contribution in [0.3, 0.4) is 0 Å². The molecule has 7 heteroatoms. The largest absolute Gasteiger partial charge is 0.497 e. The average Bonchev–Trinajstić information content (AvgIpc) is 2.91. The molecule has 0 saturated heterocycles. The number of anilines is 1. The Morgan fingerprint density at radius 3 is 2.65 bits per heavy atom. The molecule has 1 aliphatic heterocycles. The summed E-state index contributed by atoms with van der Waals surface area (Å²) in [6, 6.07) is 12.7. The fourth-order valence-corrected chi connectivity index (χ4v) is 2.54. The molecule has 0 radical (unpaired) electrons. The van der Waals surface area contributed by atoms with Crippen LogP contribution in [0.2, 0.25) is 0 Å². The number of nitrogens with two attached hydrogens (primary N) is 1. The molecule has 1 unspecified atom stereocenters. The van der Waals surface area contributed by atoms with Crippen molar-refractivity contribution in [2.45, 2.75) is 12.5 Å². The molecule has 1 heterocycles. The Labute approximate surface area is 152 Å². The first-order valence-corrected chi connectivity index (χ1v) is 8.44. The van der Waals surface area contributed by atoms with Gasteiger partial charge in [0, 0.05) is 18.2 Å². The van der Waals surface area contributed by atoms with Gasteiger partial charge in [-0.2, -0.15) is 0 Å². The molecule has 0 spiro atoms. The number of benzene rings is 2. The molecule has 26 heavy (non-hydrogen) atoms. The van der Waals surface area contributed by atoms with Crippen molar-refractivity contribution < 1.29 is 19.3 Å². The minimum Gasteiger partial charge on any atom is -0.497 e. The molecule has 1 aliphatic rings. The van der Waals surface area contributed by atoms with Crippen molar-refractivity contribution in [2.24, 2.45) is 10.7 Å². The van der Waals surface area contributed by atoms with Crippen LogP contribution in [-0.2, 0) is 0 Å². The van der Waals surface area contributed by atoms with Crippen LogP contribution < -0.4 is 25.3 Å². The fourth-order valence-electron chi connectivity index (χ4n) is 2.54. The van der Waals surface area contributed by atoms with Crippen molar-refractivity contribution in [3.63, 3.8) is 0 Å². The molecule has 0 aliphatic carbocycles. The van der Waals surface area contributed by atoms with E-state index in [0.717, 1.165) is 29.2 Å². The molecule has 7 nitrogen and oxygen atoms in total. The van der Waals surface area contributed by atoms with Gasteiger partial charge in [-0.3, -0.25) is 4.99 Å². The highest BCUT2D eigenvalue weighted by atomic mass is 16.5. The zero-order valence-corrected chi connectivity index (χ0v) is 14.6. The lowest BCUT2D eigenvalue weighted by molar-refractivity contribution is 0.187. The molecule has 0 fully saturated rings. The fraction of sp³-hybridized carbons (Fsp3) is 0.316. The minimum atomic E-state index is -0.745. The molecule has 0 aromatic heterocycles. The molecule has 1 atom stereocenters. The summed E-state index contributed by atoms with van der Waals surface area (Å²) < 4.78 is 16.3. The Bertz CT molecular complexity index is 762. The zero-order valence-electron chi connectivity index (χ0n) is 14.6.